The van der Waals surface area contributed by atoms with Crippen LogP contribution in [-0.2, 0) is 11.3 Å². The lowest BCUT2D eigenvalue weighted by Gasteiger charge is -2.44. The van der Waals surface area contributed by atoms with Gasteiger partial charge in [0.25, 0.3) is 11.8 Å². The number of benzene rings is 2. The molecule has 2 fully saturated rings. The molecule has 258 valence electrons. The van der Waals surface area contributed by atoms with Gasteiger partial charge in [-0.25, -0.2) is 9.37 Å². The molecular weight excluding hydrogens is 632 g/mol. The van der Waals surface area contributed by atoms with E-state index < -0.39 is 30.4 Å². The number of fused-ring (bicyclic) bond motifs is 1. The van der Waals surface area contributed by atoms with Crippen LogP contribution in [-0.4, -0.2) is 91.5 Å². The van der Waals surface area contributed by atoms with Crippen LogP contribution in [0.4, 0.5) is 23.2 Å². The number of anilines is 1. The molecule has 5 rings (SSSR count). The quantitative estimate of drug-likeness (QED) is 0.240. The first-order valence-electron chi connectivity index (χ1n) is 15.9. The fourth-order valence-electron chi connectivity index (χ4n) is 6.53. The highest BCUT2D eigenvalue weighted by atomic mass is 19.4. The maximum atomic E-state index is 14.6. The molecule has 2 aromatic carbocycles. The highest BCUT2D eigenvalue weighted by Gasteiger charge is 2.35. The second-order valence-corrected chi connectivity index (χ2v) is 12.4. The number of ether oxygens (including phenoxy) is 2. The number of likely N-dealkylation sites (tertiary alicyclic amines) is 1. The molecule has 4 atom stereocenters. The van der Waals surface area contributed by atoms with E-state index >= 15 is 0 Å². The van der Waals surface area contributed by atoms with E-state index in [1.165, 1.54) is 32.4 Å². The van der Waals surface area contributed by atoms with Gasteiger partial charge in [-0.15, -0.1) is 0 Å². The van der Waals surface area contributed by atoms with Crippen molar-refractivity contribution >= 4 is 28.5 Å². The van der Waals surface area contributed by atoms with Crippen LogP contribution in [0.2, 0.25) is 0 Å². The normalized spacial score (nSPS) is 21.7. The third-order valence-electron chi connectivity index (χ3n) is 9.00. The molecule has 0 saturated carbocycles. The summed E-state index contributed by atoms with van der Waals surface area (Å²) in [6.07, 6.45) is -1.72. The first kappa shape index (κ1) is 35.0. The van der Waals surface area contributed by atoms with Gasteiger partial charge in [0, 0.05) is 50.5 Å². The fourth-order valence-corrected chi connectivity index (χ4v) is 6.53. The Balaban J connectivity index is 1.36. The van der Waals surface area contributed by atoms with Gasteiger partial charge in [0.05, 0.1) is 48.9 Å². The Labute approximate surface area is 276 Å². The van der Waals surface area contributed by atoms with Crippen molar-refractivity contribution in [2.24, 2.45) is 11.8 Å². The number of nitrogens with one attached hydrogen (secondary N) is 3. The zero-order chi connectivity index (χ0) is 34.6. The van der Waals surface area contributed by atoms with Crippen molar-refractivity contribution < 1.29 is 36.6 Å². The molecule has 3 aromatic rings. The van der Waals surface area contributed by atoms with Crippen molar-refractivity contribution in [1.82, 2.24) is 25.1 Å². The minimum absolute atomic E-state index is 0.00166. The summed E-state index contributed by atoms with van der Waals surface area (Å²) in [5.74, 6) is 4.77. The van der Waals surface area contributed by atoms with E-state index in [-0.39, 0.29) is 52.1 Å². The fraction of sp³-hybridized carbons (Fsp3) is 0.500. The summed E-state index contributed by atoms with van der Waals surface area (Å²) in [5, 5.41) is 8.42. The van der Waals surface area contributed by atoms with Crippen molar-refractivity contribution in [3.8, 4) is 17.6 Å². The summed E-state index contributed by atoms with van der Waals surface area (Å²) in [6.45, 7) is 6.13. The van der Waals surface area contributed by atoms with E-state index in [0.717, 1.165) is 56.1 Å². The lowest BCUT2D eigenvalue weighted by atomic mass is 9.88. The first-order chi connectivity index (χ1) is 22.9. The van der Waals surface area contributed by atoms with Gasteiger partial charge in [0.15, 0.2) is 0 Å². The van der Waals surface area contributed by atoms with Crippen molar-refractivity contribution in [1.29, 1.82) is 0 Å². The molecule has 2 aliphatic rings. The maximum absolute atomic E-state index is 14.6. The predicted molar refractivity (Wildman–Crippen MR) is 172 cm³/mol. The maximum Gasteiger partial charge on any atom is 0.406 e. The van der Waals surface area contributed by atoms with Gasteiger partial charge in [0.2, 0.25) is 0 Å². The highest BCUT2D eigenvalue weighted by molar-refractivity contribution is 6.05. The van der Waals surface area contributed by atoms with Gasteiger partial charge in [-0.2, -0.15) is 13.2 Å². The first-order valence-corrected chi connectivity index (χ1v) is 15.9. The molecule has 2 amide bonds. The number of imidazole rings is 1. The van der Waals surface area contributed by atoms with E-state index in [0.29, 0.717) is 17.5 Å². The van der Waals surface area contributed by atoms with Gasteiger partial charge >= 0.3 is 6.18 Å². The van der Waals surface area contributed by atoms with E-state index in [4.69, 9.17) is 9.47 Å². The number of carbonyl (C=O) groups excluding carboxylic acids is 2. The van der Waals surface area contributed by atoms with Gasteiger partial charge in [0.1, 0.15) is 23.6 Å². The standard InChI is InChI=1S/C34H40F4N6O4/c1-20-16-43(28-8-11-48-17-21(28)2)10-7-26(20)42-33(46)24-12-22(13-29-31(24)41-19-44(29)18-34(36,37)38)6-5-9-40-27-15-25(35)23(32(45)39-3)14-30(27)47-4/h12-15,19-21,26,28,40H,7-11,16-18H2,1-4H3,(H,39,45)(H,42,46)/t20-,21-,26-,28+/m0/s1. The zero-order valence-corrected chi connectivity index (χ0v) is 27.3. The lowest BCUT2D eigenvalue weighted by molar-refractivity contribution is -0.140. The number of carbonyl (C=O) groups is 2. The Morgan fingerprint density at radius 1 is 1.10 bits per heavy atom. The van der Waals surface area contributed by atoms with Crippen LogP contribution in [0.5, 0.6) is 5.75 Å². The number of hydrogen-bond acceptors (Lipinski definition) is 7. The molecule has 14 heteroatoms. The van der Waals surface area contributed by atoms with Crippen molar-refractivity contribution in [3.63, 3.8) is 0 Å². The minimum atomic E-state index is -4.51. The third-order valence-corrected chi connectivity index (χ3v) is 9.00. The smallest absolute Gasteiger partial charge is 0.406 e. The minimum Gasteiger partial charge on any atom is -0.495 e. The average molecular weight is 673 g/mol. The van der Waals surface area contributed by atoms with Crippen molar-refractivity contribution in [2.75, 3.05) is 52.3 Å². The Hall–Kier alpha value is -4.35. The Bertz CT molecular complexity index is 1720. The van der Waals surface area contributed by atoms with Crippen LogP contribution in [0.3, 0.4) is 0 Å². The number of halogens is 4. The Morgan fingerprint density at radius 3 is 2.58 bits per heavy atom. The molecule has 0 bridgehead atoms. The van der Waals surface area contributed by atoms with Gasteiger partial charge in [-0.05, 0) is 42.9 Å². The molecular formula is C34H40F4N6O4. The number of hydrogen-bond donors (Lipinski definition) is 3. The third kappa shape index (κ3) is 8.02. The molecule has 2 aliphatic heterocycles. The van der Waals surface area contributed by atoms with E-state index in [1.807, 2.05) is 0 Å². The zero-order valence-electron chi connectivity index (χ0n) is 27.3. The van der Waals surface area contributed by atoms with Gasteiger partial charge in [-0.3, -0.25) is 14.5 Å². The van der Waals surface area contributed by atoms with E-state index in [2.05, 4.69) is 51.5 Å². The average Bonchev–Trinajstić information content (AvgIpc) is 3.44. The SMILES string of the molecule is CNC(=O)c1cc(OC)c(NCC#Cc2cc(C(=O)N[C@H]3CCN([C@@H]4CCOC[C@@H]4C)C[C@@H]3C)c3ncn(CC(F)(F)F)c3c2)cc1F. The molecule has 0 unspecified atom stereocenters. The Kier molecular flexibility index (Phi) is 10.8. The van der Waals surface area contributed by atoms with E-state index in [1.54, 1.807) is 0 Å². The lowest BCUT2D eigenvalue weighted by Crippen LogP contribution is -2.55. The highest BCUT2D eigenvalue weighted by Crippen LogP contribution is 2.30. The summed E-state index contributed by atoms with van der Waals surface area (Å²) in [6, 6.07) is 5.68. The number of methoxy groups -OCH3 is 1. The van der Waals surface area contributed by atoms with Crippen LogP contribution >= 0.6 is 0 Å². The summed E-state index contributed by atoms with van der Waals surface area (Å²) >= 11 is 0. The van der Waals surface area contributed by atoms with Crippen molar-refractivity contribution in [2.45, 2.75) is 51.5 Å². The second kappa shape index (κ2) is 14.8. The van der Waals surface area contributed by atoms with Crippen molar-refractivity contribution in [3.05, 3.63) is 53.1 Å². The molecule has 3 heterocycles. The second-order valence-electron chi connectivity index (χ2n) is 12.4. The number of alkyl halides is 3. The monoisotopic (exact) mass is 672 g/mol. The molecule has 0 aliphatic carbocycles. The largest absolute Gasteiger partial charge is 0.495 e. The van der Waals surface area contributed by atoms with Crippen LogP contribution in [0.1, 0.15) is 53.0 Å². The molecule has 1 aromatic heterocycles. The number of amides is 2. The molecule has 48 heavy (non-hydrogen) atoms. The summed E-state index contributed by atoms with van der Waals surface area (Å²) in [5.41, 5.74) is 0.784. The van der Waals surface area contributed by atoms with Crippen LogP contribution in [0.25, 0.3) is 11.0 Å². The molecule has 10 nitrogen and oxygen atoms in total. The van der Waals surface area contributed by atoms with Crippen LogP contribution in [0.15, 0.2) is 30.6 Å². The Morgan fingerprint density at radius 2 is 1.90 bits per heavy atom. The topological polar surface area (TPSA) is 110 Å². The van der Waals surface area contributed by atoms with Gasteiger partial charge < -0.3 is 30.0 Å². The summed E-state index contributed by atoms with van der Waals surface area (Å²) in [7, 11) is 2.76. The molecule has 2 saturated heterocycles. The molecule has 3 N–H and O–H groups in total. The summed E-state index contributed by atoms with van der Waals surface area (Å²) in [4.78, 5) is 32.3. The molecule has 0 radical (unpaired) electrons. The predicted octanol–water partition coefficient (Wildman–Crippen LogP) is 4.43. The number of aromatic nitrogens is 2. The molecule has 0 spiro atoms. The van der Waals surface area contributed by atoms with Gasteiger partial charge in [-0.1, -0.05) is 25.7 Å². The van der Waals surface area contributed by atoms with Crippen LogP contribution in [0, 0.1) is 29.5 Å². The number of piperidine rings is 1. The summed E-state index contributed by atoms with van der Waals surface area (Å²) < 4.78 is 66.6. The van der Waals surface area contributed by atoms with Crippen LogP contribution < -0.4 is 20.7 Å². The number of nitrogens with zero attached hydrogens (tertiary/aromatic N) is 3. The van der Waals surface area contributed by atoms with E-state index in [9.17, 15) is 27.2 Å². The number of rotatable bonds is 8.